The van der Waals surface area contributed by atoms with E-state index < -0.39 is 15.3 Å². The molecule has 1 aliphatic heterocycles. The third kappa shape index (κ3) is 2.55. The minimum absolute atomic E-state index is 0.0335. The Balaban J connectivity index is 2.69. The van der Waals surface area contributed by atoms with Gasteiger partial charge < -0.3 is 4.79 Å². The topological polar surface area (TPSA) is 78.2 Å². The molecule has 84 valence electrons. The molecular weight excluding hydrogens is 216 g/mol. The molecule has 0 aromatic rings. The number of nitriles is 1. The molecule has 0 spiro atoms. The van der Waals surface area contributed by atoms with E-state index in [1.165, 1.54) is 11.2 Å². The second-order valence-electron chi connectivity index (χ2n) is 3.69. The predicted molar refractivity (Wildman–Crippen MR) is 54.4 cm³/mol. The van der Waals surface area contributed by atoms with Crippen molar-refractivity contribution in [1.29, 1.82) is 5.26 Å². The van der Waals surface area contributed by atoms with Crippen molar-refractivity contribution in [3.8, 4) is 6.07 Å². The van der Waals surface area contributed by atoms with Crippen molar-refractivity contribution >= 4 is 16.3 Å². The van der Waals surface area contributed by atoms with Crippen LogP contribution in [0.25, 0.3) is 0 Å². The van der Waals surface area contributed by atoms with Gasteiger partial charge in [-0.3, -0.25) is 0 Å². The summed E-state index contributed by atoms with van der Waals surface area (Å²) in [4.78, 5) is 10.5. The summed E-state index contributed by atoms with van der Waals surface area (Å²) >= 11 is 0. The molecule has 5 nitrogen and oxygen atoms in total. The second kappa shape index (κ2) is 4.73. The van der Waals surface area contributed by atoms with Gasteiger partial charge in [-0.1, -0.05) is 0 Å². The highest BCUT2D eigenvalue weighted by molar-refractivity contribution is 7.89. The summed E-state index contributed by atoms with van der Waals surface area (Å²) in [5, 5.41) is 7.58. The fourth-order valence-corrected chi connectivity index (χ4v) is 2.86. The quantitative estimate of drug-likeness (QED) is 0.646. The number of hydrogen-bond acceptors (Lipinski definition) is 4. The first-order valence-corrected chi connectivity index (χ1v) is 6.36. The molecule has 0 aliphatic carbocycles. The molecule has 0 saturated carbocycles. The smallest absolute Gasteiger partial charge is 0.230 e. The highest BCUT2D eigenvalue weighted by Crippen LogP contribution is 2.19. The summed E-state index contributed by atoms with van der Waals surface area (Å²) in [7, 11) is -3.49. The monoisotopic (exact) mass is 230 g/mol. The number of carbonyl (C=O) groups excluding carboxylic acids is 1. The number of carbonyl (C=O) groups is 1. The lowest BCUT2D eigenvalue weighted by Gasteiger charge is -2.29. The number of sulfonamides is 1. The van der Waals surface area contributed by atoms with E-state index in [0.29, 0.717) is 25.9 Å². The van der Waals surface area contributed by atoms with E-state index in [-0.39, 0.29) is 5.92 Å². The summed E-state index contributed by atoms with van der Waals surface area (Å²) in [6, 6.07) is 1.73. The first-order valence-electron chi connectivity index (χ1n) is 4.86. The van der Waals surface area contributed by atoms with Crippen molar-refractivity contribution in [3.63, 3.8) is 0 Å². The van der Waals surface area contributed by atoms with Crippen LogP contribution < -0.4 is 0 Å². The van der Waals surface area contributed by atoms with E-state index in [2.05, 4.69) is 0 Å². The van der Waals surface area contributed by atoms with Crippen LogP contribution in [0.1, 0.15) is 19.8 Å². The van der Waals surface area contributed by atoms with Gasteiger partial charge in [-0.25, -0.2) is 12.7 Å². The molecule has 0 radical (unpaired) electrons. The molecule has 1 saturated heterocycles. The number of piperidine rings is 1. The van der Waals surface area contributed by atoms with Gasteiger partial charge in [0.1, 0.15) is 6.29 Å². The van der Waals surface area contributed by atoms with Crippen LogP contribution in [-0.2, 0) is 14.8 Å². The van der Waals surface area contributed by atoms with Gasteiger partial charge >= 0.3 is 0 Å². The maximum absolute atomic E-state index is 11.7. The van der Waals surface area contributed by atoms with Crippen LogP contribution >= 0.6 is 0 Å². The zero-order valence-electron chi connectivity index (χ0n) is 8.59. The fraction of sp³-hybridized carbons (Fsp3) is 0.778. The summed E-state index contributed by atoms with van der Waals surface area (Å²) < 4.78 is 24.8. The van der Waals surface area contributed by atoms with Crippen molar-refractivity contribution in [2.24, 2.45) is 5.92 Å². The Hall–Kier alpha value is -0.930. The van der Waals surface area contributed by atoms with Crippen molar-refractivity contribution in [2.45, 2.75) is 25.0 Å². The molecular formula is C9H14N2O3S. The van der Waals surface area contributed by atoms with E-state index in [0.717, 1.165) is 6.29 Å². The predicted octanol–water partition coefficient (Wildman–Crippen LogP) is 0.139. The number of nitrogens with zero attached hydrogens (tertiary/aromatic N) is 2. The van der Waals surface area contributed by atoms with Crippen molar-refractivity contribution < 1.29 is 13.2 Å². The highest BCUT2D eigenvalue weighted by Gasteiger charge is 2.31. The lowest BCUT2D eigenvalue weighted by Crippen LogP contribution is -2.42. The van der Waals surface area contributed by atoms with Crippen LogP contribution in [0.4, 0.5) is 0 Å². The van der Waals surface area contributed by atoms with E-state index in [1.807, 2.05) is 0 Å². The van der Waals surface area contributed by atoms with Crippen LogP contribution in [0.5, 0.6) is 0 Å². The van der Waals surface area contributed by atoms with Gasteiger partial charge in [-0.2, -0.15) is 5.26 Å². The summed E-state index contributed by atoms with van der Waals surface area (Å²) in [6.07, 6.45) is 1.99. The Kier molecular flexibility index (Phi) is 3.83. The lowest BCUT2D eigenvalue weighted by molar-refractivity contribution is -0.112. The first-order chi connectivity index (χ1) is 7.02. The van der Waals surface area contributed by atoms with Crippen LogP contribution in [0.2, 0.25) is 0 Å². The Morgan fingerprint density at radius 1 is 1.47 bits per heavy atom. The maximum Gasteiger partial charge on any atom is 0.230 e. The molecule has 0 N–H and O–H groups in total. The van der Waals surface area contributed by atoms with E-state index in [9.17, 15) is 13.2 Å². The average Bonchev–Trinajstić information content (AvgIpc) is 2.28. The van der Waals surface area contributed by atoms with Crippen LogP contribution in [0.3, 0.4) is 0 Å². The summed E-state index contributed by atoms with van der Waals surface area (Å²) in [6.45, 7) is 2.07. The standard InChI is InChI=1S/C9H14N2O3S/c1-8(6-10)15(13,14)11-4-2-9(7-12)3-5-11/h7-9H,2-5H2,1H3. The van der Waals surface area contributed by atoms with Gasteiger partial charge in [0.15, 0.2) is 5.25 Å². The molecule has 1 unspecified atom stereocenters. The zero-order chi connectivity index (χ0) is 11.5. The Labute approximate surface area is 89.7 Å². The average molecular weight is 230 g/mol. The normalized spacial score (nSPS) is 21.9. The first kappa shape index (κ1) is 12.1. The maximum atomic E-state index is 11.7. The van der Waals surface area contributed by atoms with Gasteiger partial charge in [0, 0.05) is 19.0 Å². The van der Waals surface area contributed by atoms with Crippen molar-refractivity contribution in [3.05, 3.63) is 0 Å². The Bertz CT molecular complexity index is 363. The zero-order valence-corrected chi connectivity index (χ0v) is 9.40. The van der Waals surface area contributed by atoms with E-state index >= 15 is 0 Å². The van der Waals surface area contributed by atoms with Gasteiger partial charge in [0.2, 0.25) is 10.0 Å². The summed E-state index contributed by atoms with van der Waals surface area (Å²) in [5.41, 5.74) is 0. The number of rotatable bonds is 3. The Morgan fingerprint density at radius 3 is 2.40 bits per heavy atom. The minimum atomic E-state index is -3.49. The minimum Gasteiger partial charge on any atom is -0.303 e. The molecule has 1 fully saturated rings. The van der Waals surface area contributed by atoms with Gasteiger partial charge in [-0.15, -0.1) is 0 Å². The molecule has 0 bridgehead atoms. The van der Waals surface area contributed by atoms with Gasteiger partial charge in [0.25, 0.3) is 0 Å². The highest BCUT2D eigenvalue weighted by atomic mass is 32.2. The molecule has 1 heterocycles. The molecule has 0 aromatic carbocycles. The lowest BCUT2D eigenvalue weighted by atomic mass is 10.0. The third-order valence-electron chi connectivity index (χ3n) is 2.68. The van der Waals surface area contributed by atoms with Crippen LogP contribution in [-0.4, -0.2) is 37.3 Å². The summed E-state index contributed by atoms with van der Waals surface area (Å²) in [5.74, 6) is -0.0335. The molecule has 1 rings (SSSR count). The molecule has 0 aromatic heterocycles. The molecule has 1 aliphatic rings. The fourth-order valence-electron chi connectivity index (χ4n) is 1.56. The molecule has 15 heavy (non-hydrogen) atoms. The third-order valence-corrected chi connectivity index (χ3v) is 4.76. The SMILES string of the molecule is CC(C#N)S(=O)(=O)N1CCC(C=O)CC1. The molecule has 6 heteroatoms. The van der Waals surface area contributed by atoms with E-state index in [4.69, 9.17) is 5.26 Å². The second-order valence-corrected chi connectivity index (χ2v) is 5.94. The van der Waals surface area contributed by atoms with Gasteiger partial charge in [-0.05, 0) is 19.8 Å². The van der Waals surface area contributed by atoms with Gasteiger partial charge in [0.05, 0.1) is 6.07 Å². The van der Waals surface area contributed by atoms with Crippen molar-refractivity contribution in [1.82, 2.24) is 4.31 Å². The van der Waals surface area contributed by atoms with Crippen LogP contribution in [0, 0.1) is 17.2 Å². The Morgan fingerprint density at radius 2 is 2.00 bits per heavy atom. The van der Waals surface area contributed by atoms with E-state index in [1.54, 1.807) is 6.07 Å². The van der Waals surface area contributed by atoms with Crippen LogP contribution in [0.15, 0.2) is 0 Å². The van der Waals surface area contributed by atoms with Crippen molar-refractivity contribution in [2.75, 3.05) is 13.1 Å². The number of hydrogen-bond donors (Lipinski definition) is 0. The number of aldehydes is 1. The molecule has 1 atom stereocenters. The molecule has 0 amide bonds. The largest absolute Gasteiger partial charge is 0.303 e.